The Balaban J connectivity index is 2.36. The van der Waals surface area contributed by atoms with E-state index >= 15 is 0 Å². The zero-order valence-corrected chi connectivity index (χ0v) is 11.0. The molecular weight excluding hydrogens is 248 g/mol. The Morgan fingerprint density at radius 2 is 2.17 bits per heavy atom. The molecule has 0 aliphatic heterocycles. The molecule has 0 radical (unpaired) electrons. The number of hydrogen-bond donors (Lipinski definition) is 2. The lowest BCUT2D eigenvalue weighted by Crippen LogP contribution is -2.25. The molecule has 0 saturated carbocycles. The molecule has 2 aromatic rings. The van der Waals surface area contributed by atoms with Crippen LogP contribution in [0.2, 0.25) is 0 Å². The number of rotatable bonds is 4. The molecule has 5 heteroatoms. The van der Waals surface area contributed by atoms with Crippen molar-refractivity contribution in [3.05, 3.63) is 40.9 Å². The predicted molar refractivity (Wildman–Crippen MR) is 71.7 cm³/mol. The van der Waals surface area contributed by atoms with Crippen LogP contribution in [0.3, 0.4) is 0 Å². The zero-order chi connectivity index (χ0) is 13.1. The largest absolute Gasteiger partial charge is 0.480 e. The number of carboxylic acids is 1. The van der Waals surface area contributed by atoms with Crippen LogP contribution >= 0.6 is 11.3 Å². The van der Waals surface area contributed by atoms with Crippen LogP contribution in [-0.2, 0) is 4.79 Å². The van der Waals surface area contributed by atoms with Crippen molar-refractivity contribution < 1.29 is 9.90 Å². The first-order valence-corrected chi connectivity index (χ1v) is 6.43. The Hall–Kier alpha value is -1.72. The molecular formula is C13H14N2O2S. The number of carboxylic acid groups (broad SMARTS) is 1. The van der Waals surface area contributed by atoms with E-state index in [1.54, 1.807) is 12.4 Å². The fraction of sp³-hybridized carbons (Fsp3) is 0.231. The van der Waals surface area contributed by atoms with Gasteiger partial charge in [-0.1, -0.05) is 24.3 Å². The molecule has 0 amide bonds. The summed E-state index contributed by atoms with van der Waals surface area (Å²) in [5.41, 5.74) is 2.73. The molecule has 1 unspecified atom stereocenters. The molecule has 1 aromatic carbocycles. The average Bonchev–Trinajstić information content (AvgIpc) is 2.79. The molecule has 2 N–H and O–H groups in total. The fourth-order valence-electron chi connectivity index (χ4n) is 1.75. The molecule has 0 bridgehead atoms. The van der Waals surface area contributed by atoms with Crippen LogP contribution < -0.4 is 5.32 Å². The number of carbonyl (C=O) groups is 1. The second-order valence-electron chi connectivity index (χ2n) is 3.95. The van der Waals surface area contributed by atoms with Gasteiger partial charge in [-0.15, -0.1) is 11.3 Å². The predicted octanol–water partition coefficient (Wildman–Crippen LogP) is 2.46. The second kappa shape index (κ2) is 5.29. The molecule has 0 fully saturated rings. The van der Waals surface area contributed by atoms with Crippen LogP contribution in [0.25, 0.3) is 10.6 Å². The lowest BCUT2D eigenvalue weighted by atomic mass is 10.1. The average molecular weight is 262 g/mol. The van der Waals surface area contributed by atoms with Crippen molar-refractivity contribution in [3.8, 4) is 10.6 Å². The van der Waals surface area contributed by atoms with Crippen LogP contribution in [-0.4, -0.2) is 23.1 Å². The third-order valence-corrected chi connectivity index (χ3v) is 3.62. The van der Waals surface area contributed by atoms with E-state index < -0.39 is 12.0 Å². The molecule has 2 rings (SSSR count). The van der Waals surface area contributed by atoms with Gasteiger partial charge in [-0.25, -0.2) is 4.98 Å². The summed E-state index contributed by atoms with van der Waals surface area (Å²) in [6, 6.07) is 7.19. The van der Waals surface area contributed by atoms with Gasteiger partial charge < -0.3 is 10.4 Å². The van der Waals surface area contributed by atoms with E-state index in [0.717, 1.165) is 16.1 Å². The number of aromatic nitrogens is 1. The first-order valence-electron chi connectivity index (χ1n) is 5.55. The van der Waals surface area contributed by atoms with Gasteiger partial charge in [-0.05, 0) is 19.5 Å². The van der Waals surface area contributed by atoms with E-state index in [9.17, 15) is 4.79 Å². The van der Waals surface area contributed by atoms with Crippen molar-refractivity contribution in [1.82, 2.24) is 10.3 Å². The SMILES string of the molecule is CNC(C(=O)O)c1csc(-c2ccccc2C)n1. The molecule has 1 heterocycles. The molecule has 0 aliphatic rings. The maximum Gasteiger partial charge on any atom is 0.327 e. The minimum atomic E-state index is -0.917. The molecule has 94 valence electrons. The number of benzene rings is 1. The first-order chi connectivity index (χ1) is 8.63. The maximum absolute atomic E-state index is 11.0. The molecule has 1 aromatic heterocycles. The van der Waals surface area contributed by atoms with E-state index in [4.69, 9.17) is 5.11 Å². The van der Waals surface area contributed by atoms with Crippen molar-refractivity contribution in [2.45, 2.75) is 13.0 Å². The summed E-state index contributed by atoms with van der Waals surface area (Å²) in [7, 11) is 1.62. The van der Waals surface area contributed by atoms with Gasteiger partial charge in [-0.3, -0.25) is 4.79 Å². The Kier molecular flexibility index (Phi) is 3.74. The van der Waals surface area contributed by atoms with E-state index in [-0.39, 0.29) is 0 Å². The van der Waals surface area contributed by atoms with Crippen molar-refractivity contribution in [1.29, 1.82) is 0 Å². The number of nitrogens with zero attached hydrogens (tertiary/aromatic N) is 1. The number of aliphatic carboxylic acids is 1. The minimum absolute atomic E-state index is 0.549. The van der Waals surface area contributed by atoms with Crippen LogP contribution in [0.4, 0.5) is 0 Å². The van der Waals surface area contributed by atoms with Crippen LogP contribution in [0.1, 0.15) is 17.3 Å². The number of thiazole rings is 1. The number of hydrogen-bond acceptors (Lipinski definition) is 4. The zero-order valence-electron chi connectivity index (χ0n) is 10.2. The van der Waals surface area contributed by atoms with Gasteiger partial charge in [0, 0.05) is 10.9 Å². The molecule has 18 heavy (non-hydrogen) atoms. The van der Waals surface area contributed by atoms with Crippen molar-refractivity contribution in [2.24, 2.45) is 0 Å². The van der Waals surface area contributed by atoms with Crippen LogP contribution in [0.5, 0.6) is 0 Å². The van der Waals surface area contributed by atoms with Crippen molar-refractivity contribution in [3.63, 3.8) is 0 Å². The van der Waals surface area contributed by atoms with Gasteiger partial charge in [-0.2, -0.15) is 0 Å². The molecule has 0 spiro atoms. The summed E-state index contributed by atoms with van der Waals surface area (Å²) in [5.74, 6) is -0.917. The highest BCUT2D eigenvalue weighted by atomic mass is 32.1. The molecule has 1 atom stereocenters. The highest BCUT2D eigenvalue weighted by Gasteiger charge is 2.21. The van der Waals surface area contributed by atoms with Crippen molar-refractivity contribution in [2.75, 3.05) is 7.05 Å². The van der Waals surface area contributed by atoms with Gasteiger partial charge in [0.15, 0.2) is 0 Å². The maximum atomic E-state index is 11.0. The van der Waals surface area contributed by atoms with Crippen molar-refractivity contribution >= 4 is 17.3 Å². The lowest BCUT2D eigenvalue weighted by Gasteiger charge is -2.07. The summed E-state index contributed by atoms with van der Waals surface area (Å²) in [4.78, 5) is 15.5. The smallest absolute Gasteiger partial charge is 0.327 e. The van der Waals surface area contributed by atoms with E-state index in [1.165, 1.54) is 11.3 Å². The van der Waals surface area contributed by atoms with E-state index in [0.29, 0.717) is 5.69 Å². The third kappa shape index (κ3) is 2.42. The topological polar surface area (TPSA) is 62.2 Å². The highest BCUT2D eigenvalue weighted by Crippen LogP contribution is 2.28. The van der Waals surface area contributed by atoms with Crippen LogP contribution in [0.15, 0.2) is 29.6 Å². The Morgan fingerprint density at radius 3 is 2.78 bits per heavy atom. The molecule has 4 nitrogen and oxygen atoms in total. The van der Waals surface area contributed by atoms with Gasteiger partial charge in [0.25, 0.3) is 0 Å². The quantitative estimate of drug-likeness (QED) is 0.888. The Labute approximate surface area is 109 Å². The lowest BCUT2D eigenvalue weighted by molar-refractivity contribution is -0.139. The summed E-state index contributed by atoms with van der Waals surface area (Å²) in [6.07, 6.45) is 0. The highest BCUT2D eigenvalue weighted by molar-refractivity contribution is 7.13. The first kappa shape index (κ1) is 12.7. The monoisotopic (exact) mass is 262 g/mol. The Bertz CT molecular complexity index is 566. The van der Waals surface area contributed by atoms with Gasteiger partial charge in [0.05, 0.1) is 5.69 Å². The number of nitrogens with one attached hydrogen (secondary N) is 1. The van der Waals surface area contributed by atoms with E-state index in [2.05, 4.69) is 10.3 Å². The minimum Gasteiger partial charge on any atom is -0.480 e. The van der Waals surface area contributed by atoms with Gasteiger partial charge >= 0.3 is 5.97 Å². The summed E-state index contributed by atoms with van der Waals surface area (Å²) < 4.78 is 0. The Morgan fingerprint density at radius 1 is 1.44 bits per heavy atom. The number of aryl methyl sites for hydroxylation is 1. The second-order valence-corrected chi connectivity index (χ2v) is 4.81. The van der Waals surface area contributed by atoms with Gasteiger partial charge in [0.2, 0.25) is 0 Å². The standard InChI is InChI=1S/C13H14N2O2S/c1-8-5-3-4-6-9(8)12-15-10(7-18-12)11(14-2)13(16)17/h3-7,11,14H,1-2H3,(H,16,17). The summed E-state index contributed by atoms with van der Waals surface area (Å²) in [6.45, 7) is 2.02. The summed E-state index contributed by atoms with van der Waals surface area (Å²) >= 11 is 1.46. The van der Waals surface area contributed by atoms with Gasteiger partial charge in [0.1, 0.15) is 11.0 Å². The normalized spacial score (nSPS) is 12.3. The summed E-state index contributed by atoms with van der Waals surface area (Å²) in [5, 5.41) is 14.4. The molecule has 0 aliphatic carbocycles. The van der Waals surface area contributed by atoms with E-state index in [1.807, 2.05) is 31.2 Å². The number of likely N-dealkylation sites (N-methyl/N-ethyl adjacent to an activating group) is 1. The molecule has 0 saturated heterocycles. The fourth-order valence-corrected chi connectivity index (χ4v) is 2.69. The van der Waals surface area contributed by atoms with Crippen LogP contribution in [0, 0.1) is 6.92 Å². The third-order valence-electron chi connectivity index (χ3n) is 2.73.